The third-order valence-corrected chi connectivity index (χ3v) is 15.9. The molecule has 0 heterocycles. The zero-order valence-electron chi connectivity index (χ0n) is 37.0. The SMILES string of the molecule is N#Cc1ccc(-c2c3cc4c5ccccc5c5cccc(c3c(-c3ccc(C#N)cc3C#N)c3c6ccc7c8ccc9c%10c(ccc(c%11ccc(c23)c6c%117)c%108)=c2cc3ccccc3cc2=9)c54)c(C#N)c1. The molecule has 0 bridgehead atoms. The Hall–Kier alpha value is -10.1. The van der Waals surface area contributed by atoms with Crippen molar-refractivity contribution in [3.05, 3.63) is 213 Å². The van der Waals surface area contributed by atoms with Crippen molar-refractivity contribution in [2.24, 2.45) is 0 Å². The maximum atomic E-state index is 11.0. The van der Waals surface area contributed by atoms with Crippen LogP contribution in [0.1, 0.15) is 22.3 Å². The van der Waals surface area contributed by atoms with Gasteiger partial charge in [0.05, 0.1) is 46.5 Å². The fraction of sp³-hybridized carbons (Fsp3) is 0. The zero-order chi connectivity index (χ0) is 46.3. The van der Waals surface area contributed by atoms with Crippen molar-refractivity contribution in [3.63, 3.8) is 0 Å². The van der Waals surface area contributed by atoms with Crippen LogP contribution in [0.4, 0.5) is 0 Å². The molecule has 0 amide bonds. The van der Waals surface area contributed by atoms with Gasteiger partial charge in [-0.05, 0) is 193 Å². The first-order valence-corrected chi connectivity index (χ1v) is 23.4. The molecule has 0 unspecified atom stereocenters. The Kier molecular flexibility index (Phi) is 6.81. The van der Waals surface area contributed by atoms with Gasteiger partial charge in [-0.2, -0.15) is 21.0 Å². The lowest BCUT2D eigenvalue weighted by molar-refractivity contribution is 1.45. The van der Waals surface area contributed by atoms with Gasteiger partial charge < -0.3 is 0 Å². The first kappa shape index (κ1) is 37.0. The molecule has 0 saturated heterocycles. The maximum Gasteiger partial charge on any atom is 0.0998 e. The Morgan fingerprint density at radius 1 is 0.243 bits per heavy atom. The molecule has 0 atom stereocenters. The molecule has 15 aromatic carbocycles. The van der Waals surface area contributed by atoms with E-state index in [1.54, 1.807) is 12.1 Å². The predicted molar refractivity (Wildman–Crippen MR) is 284 cm³/mol. The predicted octanol–water partition coefficient (Wildman–Crippen LogP) is 16.4. The summed E-state index contributed by atoms with van der Waals surface area (Å²) in [7, 11) is 0. The summed E-state index contributed by atoms with van der Waals surface area (Å²) in [6.45, 7) is 0. The number of hydrogen-bond acceptors (Lipinski definition) is 4. The first-order chi connectivity index (χ1) is 34.6. The standard InChI is InChI=1S/C66H28N4/c67-29-33-12-14-39(37(24-33)31-69)58-56-28-55-42-9-4-3-8-41(42)43-10-5-11-50(57(43)55)63(56)64(40-15-13-34(30-68)25-38(40)32-70)66-52-23-21-47-45-17-19-49-54-27-36-7-2-1-6-35(36)26-53(54)48-18-16-44(59(45)61(48)49)46-20-22-51(65(58)66)62(52)60(46)47/h1-28H. The molecule has 1 aliphatic carbocycles. The highest BCUT2D eigenvalue weighted by atomic mass is 14.3. The summed E-state index contributed by atoms with van der Waals surface area (Å²) in [4.78, 5) is 0. The van der Waals surface area contributed by atoms with Crippen LogP contribution >= 0.6 is 0 Å². The topological polar surface area (TPSA) is 95.2 Å². The van der Waals surface area contributed by atoms with E-state index in [-0.39, 0.29) is 0 Å². The van der Waals surface area contributed by atoms with Gasteiger partial charge in [0, 0.05) is 11.1 Å². The molecule has 0 radical (unpaired) electrons. The number of hydrogen-bond donors (Lipinski definition) is 0. The Morgan fingerprint density at radius 2 is 0.686 bits per heavy atom. The summed E-state index contributed by atoms with van der Waals surface area (Å²) in [6, 6.07) is 69.6. The molecule has 16 rings (SSSR count). The molecular formula is C66H28N4. The molecule has 0 fully saturated rings. The lowest BCUT2D eigenvalue weighted by Gasteiger charge is -2.20. The summed E-state index contributed by atoms with van der Waals surface area (Å²) >= 11 is 0. The van der Waals surface area contributed by atoms with E-state index in [9.17, 15) is 21.0 Å². The van der Waals surface area contributed by atoms with Crippen LogP contribution in [-0.4, -0.2) is 0 Å². The molecule has 0 aromatic heterocycles. The van der Waals surface area contributed by atoms with Crippen LogP contribution in [0.5, 0.6) is 0 Å². The van der Waals surface area contributed by atoms with E-state index in [1.165, 1.54) is 69.4 Å². The Bertz CT molecular complexity index is 5300. The second-order valence-corrected chi connectivity index (χ2v) is 19.0. The first-order valence-electron chi connectivity index (χ1n) is 23.4. The van der Waals surface area contributed by atoms with Gasteiger partial charge in [0.2, 0.25) is 0 Å². The molecule has 15 aromatic rings. The summed E-state index contributed by atoms with van der Waals surface area (Å²) in [5.74, 6) is 0. The van der Waals surface area contributed by atoms with Crippen LogP contribution in [0.15, 0.2) is 170 Å². The van der Waals surface area contributed by atoms with Crippen LogP contribution in [-0.2, 0) is 0 Å². The summed E-state index contributed by atoms with van der Waals surface area (Å²) in [6.07, 6.45) is 0. The molecule has 70 heavy (non-hydrogen) atoms. The van der Waals surface area contributed by atoms with Crippen molar-refractivity contribution in [3.8, 4) is 46.5 Å². The van der Waals surface area contributed by atoms with Crippen LogP contribution in [0.2, 0.25) is 0 Å². The number of benzene rings is 13. The van der Waals surface area contributed by atoms with Crippen molar-refractivity contribution in [2.75, 3.05) is 0 Å². The molecule has 0 saturated carbocycles. The fourth-order valence-corrected chi connectivity index (χ4v) is 13.2. The van der Waals surface area contributed by atoms with Gasteiger partial charge in [-0.3, -0.25) is 0 Å². The molecule has 312 valence electrons. The molecule has 0 aliphatic heterocycles. The quantitative estimate of drug-likeness (QED) is 0.128. The van der Waals surface area contributed by atoms with Crippen LogP contribution < -0.4 is 0 Å². The summed E-state index contributed by atoms with van der Waals surface area (Å²) in [5, 5.41) is 72.1. The average molecular weight is 877 g/mol. The van der Waals surface area contributed by atoms with Crippen LogP contribution in [0.3, 0.4) is 0 Å². The third kappa shape index (κ3) is 4.34. The summed E-state index contributed by atoms with van der Waals surface area (Å²) < 4.78 is 0. The van der Waals surface area contributed by atoms with Crippen molar-refractivity contribution < 1.29 is 0 Å². The van der Waals surface area contributed by atoms with E-state index in [0.29, 0.717) is 22.3 Å². The van der Waals surface area contributed by atoms with Gasteiger partial charge >= 0.3 is 0 Å². The minimum Gasteiger partial charge on any atom is -0.192 e. The van der Waals surface area contributed by atoms with Crippen LogP contribution in [0.25, 0.3) is 141 Å². The molecule has 0 spiro atoms. The highest BCUT2D eigenvalue weighted by Gasteiger charge is 2.30. The second kappa shape index (κ2) is 12.9. The molecule has 0 N–H and O–H groups in total. The van der Waals surface area contributed by atoms with Gasteiger partial charge in [-0.25, -0.2) is 0 Å². The van der Waals surface area contributed by atoms with E-state index in [4.69, 9.17) is 0 Å². The van der Waals surface area contributed by atoms with E-state index in [1.807, 2.05) is 24.3 Å². The van der Waals surface area contributed by atoms with Crippen molar-refractivity contribution in [2.45, 2.75) is 0 Å². The normalized spacial score (nSPS) is 12.2. The highest BCUT2D eigenvalue weighted by Crippen LogP contribution is 2.57. The van der Waals surface area contributed by atoms with Crippen molar-refractivity contribution in [1.82, 2.24) is 0 Å². The Labute approximate surface area is 397 Å². The van der Waals surface area contributed by atoms with Gasteiger partial charge in [0.15, 0.2) is 0 Å². The van der Waals surface area contributed by atoms with Gasteiger partial charge in [-0.15, -0.1) is 0 Å². The van der Waals surface area contributed by atoms with E-state index >= 15 is 0 Å². The average Bonchev–Trinajstić information content (AvgIpc) is 4.05. The monoisotopic (exact) mass is 876 g/mol. The minimum atomic E-state index is 0.411. The Morgan fingerprint density at radius 3 is 1.27 bits per heavy atom. The lowest BCUT2D eigenvalue weighted by atomic mass is 9.82. The number of nitriles is 4. The smallest absolute Gasteiger partial charge is 0.0998 e. The number of nitrogens with zero attached hydrogens (tertiary/aromatic N) is 4. The summed E-state index contributed by atoms with van der Waals surface area (Å²) in [5.41, 5.74) is 4.95. The van der Waals surface area contributed by atoms with E-state index < -0.39 is 0 Å². The van der Waals surface area contributed by atoms with E-state index in [0.717, 1.165) is 92.3 Å². The maximum absolute atomic E-state index is 11.0. The van der Waals surface area contributed by atoms with Crippen LogP contribution in [0, 0.1) is 66.2 Å². The lowest BCUT2D eigenvalue weighted by Crippen LogP contribution is -1.95. The molecule has 4 nitrogen and oxygen atoms in total. The van der Waals surface area contributed by atoms with Crippen molar-refractivity contribution in [1.29, 1.82) is 21.0 Å². The second-order valence-electron chi connectivity index (χ2n) is 19.0. The third-order valence-electron chi connectivity index (χ3n) is 15.9. The van der Waals surface area contributed by atoms with Gasteiger partial charge in [0.1, 0.15) is 0 Å². The minimum absolute atomic E-state index is 0.411. The van der Waals surface area contributed by atoms with E-state index in [2.05, 4.69) is 158 Å². The van der Waals surface area contributed by atoms with Crippen molar-refractivity contribution >= 4 is 118 Å². The molecule has 1 aliphatic rings. The molecule has 4 heteroatoms. The fourth-order valence-electron chi connectivity index (χ4n) is 13.2. The zero-order valence-corrected chi connectivity index (χ0v) is 37.0. The molecular weight excluding hydrogens is 849 g/mol. The largest absolute Gasteiger partial charge is 0.192 e. The van der Waals surface area contributed by atoms with Gasteiger partial charge in [-0.1, -0.05) is 127 Å². The highest BCUT2D eigenvalue weighted by molar-refractivity contribution is 6.48. The van der Waals surface area contributed by atoms with Gasteiger partial charge in [0.25, 0.3) is 0 Å². The number of rotatable bonds is 2. The number of fused-ring (bicyclic) bond motifs is 12. The Balaban J connectivity index is 1.17.